The van der Waals surface area contributed by atoms with Crippen molar-refractivity contribution in [1.29, 1.82) is 0 Å². The largest absolute Gasteiger partial charge is 0.505 e. The fourth-order valence-corrected chi connectivity index (χ4v) is 5.50. The summed E-state index contributed by atoms with van der Waals surface area (Å²) in [6.07, 6.45) is 0. The summed E-state index contributed by atoms with van der Waals surface area (Å²) in [6, 6.07) is 24.0. The molecule has 0 fully saturated rings. The zero-order chi connectivity index (χ0) is 31.6. The first-order valence-corrected chi connectivity index (χ1v) is 15.6. The van der Waals surface area contributed by atoms with Gasteiger partial charge in [-0.05, 0) is 66.4 Å². The molecule has 0 unspecified atom stereocenters. The van der Waals surface area contributed by atoms with E-state index in [0.717, 1.165) is 23.8 Å². The van der Waals surface area contributed by atoms with Crippen LogP contribution in [-0.2, 0) is 20.2 Å². The summed E-state index contributed by atoms with van der Waals surface area (Å²) in [5.74, 6) is -0.798. The van der Waals surface area contributed by atoms with Gasteiger partial charge in [0.05, 0.1) is 10.6 Å². The molecule has 5 aromatic carbocycles. The van der Waals surface area contributed by atoms with Crippen molar-refractivity contribution >= 4 is 113 Å². The third kappa shape index (κ3) is 8.41. The van der Waals surface area contributed by atoms with Gasteiger partial charge < -0.3 is 15.2 Å². The summed E-state index contributed by atoms with van der Waals surface area (Å²) in [6.45, 7) is 1.84. The summed E-state index contributed by atoms with van der Waals surface area (Å²) >= 11 is 0. The maximum absolute atomic E-state index is 13.0. The predicted octanol–water partition coefficient (Wildman–Crippen LogP) is 6.05. The van der Waals surface area contributed by atoms with Gasteiger partial charge in [0.15, 0.2) is 11.5 Å². The minimum Gasteiger partial charge on any atom is -0.505 e. The standard InChI is InChI=1S/C30H23N3O9S2.2Na/c1-18-9-5-7-13-24(18)42-25-14-8-6-12-22(25)32-33-28-26(44(39,40)41)16-20-15-21(43(36,37)38)17-23(27(20)29(28)34)31-30(35)19-10-3-2-4-11-19;;/h2-17,34H,1H3,(H,31,35)(H,36,37,38)(H,39,40,41);;. The van der Waals surface area contributed by atoms with Gasteiger partial charge in [-0.25, -0.2) is 0 Å². The number of azo groups is 1. The van der Waals surface area contributed by atoms with E-state index in [9.17, 15) is 35.8 Å². The normalized spacial score (nSPS) is 11.5. The average Bonchev–Trinajstić information content (AvgIpc) is 2.97. The summed E-state index contributed by atoms with van der Waals surface area (Å²) in [5.41, 5.74) is 0.131. The van der Waals surface area contributed by atoms with Crippen LogP contribution < -0.4 is 10.1 Å². The van der Waals surface area contributed by atoms with Crippen LogP contribution in [0.2, 0.25) is 0 Å². The number of aryl methyl sites for hydroxylation is 1. The number of phenols is 1. The SMILES string of the molecule is Cc1ccccc1Oc1ccccc1N=Nc1c(S(=O)(=O)O)cc2cc(S(=O)(=O)O)cc(NC(=O)c3ccccc3)c2c1O.[Na].[Na]. The second-order valence-electron chi connectivity index (χ2n) is 9.45. The molecule has 2 radical (unpaired) electrons. The molecule has 1 amide bonds. The molecular formula is C30H23N3Na2O9S2. The number of nitrogens with zero attached hydrogens (tertiary/aromatic N) is 2. The van der Waals surface area contributed by atoms with Crippen molar-refractivity contribution in [1.82, 2.24) is 0 Å². The van der Waals surface area contributed by atoms with Crippen LogP contribution in [0.25, 0.3) is 10.8 Å². The van der Waals surface area contributed by atoms with Crippen LogP contribution in [0.3, 0.4) is 0 Å². The smallest absolute Gasteiger partial charge is 0.296 e. The second-order valence-corrected chi connectivity index (χ2v) is 12.3. The number of ether oxygens (including phenoxy) is 1. The Morgan fingerprint density at radius 3 is 2.00 bits per heavy atom. The molecule has 0 saturated carbocycles. The molecule has 0 atom stereocenters. The number of para-hydroxylation sites is 2. The number of fused-ring (bicyclic) bond motifs is 1. The number of benzene rings is 5. The summed E-state index contributed by atoms with van der Waals surface area (Å²) in [7, 11) is -9.96. The van der Waals surface area contributed by atoms with Crippen molar-refractivity contribution < 1.29 is 40.6 Å². The third-order valence-electron chi connectivity index (χ3n) is 6.42. The molecule has 0 aromatic heterocycles. The summed E-state index contributed by atoms with van der Waals surface area (Å²) in [5, 5.41) is 21.3. The zero-order valence-electron chi connectivity index (χ0n) is 24.7. The van der Waals surface area contributed by atoms with Crippen LogP contribution in [0.1, 0.15) is 15.9 Å². The molecular weight excluding hydrogens is 656 g/mol. The van der Waals surface area contributed by atoms with E-state index in [-0.39, 0.29) is 92.6 Å². The molecule has 0 saturated heterocycles. The Morgan fingerprint density at radius 2 is 1.37 bits per heavy atom. The van der Waals surface area contributed by atoms with Gasteiger partial charge in [-0.15, -0.1) is 10.2 Å². The van der Waals surface area contributed by atoms with Crippen LogP contribution in [-0.4, -0.2) is 96.1 Å². The van der Waals surface area contributed by atoms with E-state index in [0.29, 0.717) is 5.75 Å². The fraction of sp³-hybridized carbons (Fsp3) is 0.0333. The quantitative estimate of drug-likeness (QED) is 0.0859. The molecule has 0 spiro atoms. The van der Waals surface area contributed by atoms with E-state index in [1.807, 2.05) is 19.1 Å². The number of carbonyl (C=O) groups is 1. The number of anilines is 1. The van der Waals surface area contributed by atoms with Crippen LogP contribution in [0.4, 0.5) is 17.1 Å². The topological polar surface area (TPSA) is 192 Å². The molecule has 5 aromatic rings. The number of nitrogens with one attached hydrogen (secondary N) is 1. The molecule has 12 nitrogen and oxygen atoms in total. The molecule has 0 aliphatic rings. The molecule has 46 heavy (non-hydrogen) atoms. The van der Waals surface area contributed by atoms with E-state index < -0.39 is 47.4 Å². The van der Waals surface area contributed by atoms with Gasteiger partial charge in [0.25, 0.3) is 26.1 Å². The van der Waals surface area contributed by atoms with Crippen LogP contribution >= 0.6 is 0 Å². The Hall–Kier alpha value is -3.15. The first-order valence-electron chi connectivity index (χ1n) is 12.7. The van der Waals surface area contributed by atoms with Crippen LogP contribution in [0, 0.1) is 6.92 Å². The summed E-state index contributed by atoms with van der Waals surface area (Å²) in [4.78, 5) is 11.3. The number of carbonyl (C=O) groups excluding carboxylic acids is 1. The van der Waals surface area contributed by atoms with Gasteiger partial charge in [-0.2, -0.15) is 16.8 Å². The Bertz CT molecular complexity index is 2180. The second kappa shape index (κ2) is 15.2. The van der Waals surface area contributed by atoms with Crippen molar-refractivity contribution in [2.24, 2.45) is 10.2 Å². The number of hydrogen-bond acceptors (Lipinski definition) is 9. The minimum atomic E-state index is -5.09. The number of rotatable bonds is 8. The molecule has 226 valence electrons. The van der Waals surface area contributed by atoms with E-state index >= 15 is 0 Å². The first kappa shape index (κ1) is 37.3. The molecule has 0 aliphatic heterocycles. The number of aromatic hydroxyl groups is 1. The van der Waals surface area contributed by atoms with Gasteiger partial charge >= 0.3 is 0 Å². The summed E-state index contributed by atoms with van der Waals surface area (Å²) < 4.78 is 74.6. The molecule has 0 aliphatic carbocycles. The maximum atomic E-state index is 13.0. The van der Waals surface area contributed by atoms with E-state index in [1.165, 1.54) is 18.2 Å². The van der Waals surface area contributed by atoms with Crippen molar-refractivity contribution in [3.05, 3.63) is 108 Å². The molecule has 5 rings (SSSR count). The maximum Gasteiger partial charge on any atom is 0.296 e. The van der Waals surface area contributed by atoms with E-state index in [1.54, 1.807) is 48.5 Å². The number of phenolic OH excluding ortho intramolecular Hbond substituents is 1. The molecule has 16 heteroatoms. The van der Waals surface area contributed by atoms with Crippen molar-refractivity contribution in [2.45, 2.75) is 16.7 Å². The van der Waals surface area contributed by atoms with Gasteiger partial charge in [0.1, 0.15) is 22.0 Å². The monoisotopic (exact) mass is 679 g/mol. The van der Waals surface area contributed by atoms with Crippen molar-refractivity contribution in [2.75, 3.05) is 5.32 Å². The van der Waals surface area contributed by atoms with Gasteiger partial charge in [0.2, 0.25) is 0 Å². The number of hydrogen-bond donors (Lipinski definition) is 4. The van der Waals surface area contributed by atoms with E-state index in [4.69, 9.17) is 4.74 Å². The Balaban J connectivity index is 0.00000288. The van der Waals surface area contributed by atoms with Crippen LogP contribution in [0.5, 0.6) is 17.2 Å². The zero-order valence-corrected chi connectivity index (χ0v) is 30.4. The minimum absolute atomic E-state index is 0. The van der Waals surface area contributed by atoms with Gasteiger partial charge in [-0.1, -0.05) is 48.5 Å². The Kier molecular flexibility index (Phi) is 12.3. The third-order valence-corrected chi connectivity index (χ3v) is 8.12. The fourth-order valence-electron chi connectivity index (χ4n) is 4.30. The Labute approximate surface area is 308 Å². The first-order chi connectivity index (χ1) is 20.8. The van der Waals surface area contributed by atoms with E-state index in [2.05, 4.69) is 15.5 Å². The Morgan fingerprint density at radius 1 is 0.761 bits per heavy atom. The molecule has 4 N–H and O–H groups in total. The average molecular weight is 680 g/mol. The van der Waals surface area contributed by atoms with Gasteiger partial charge in [-0.3, -0.25) is 13.9 Å². The van der Waals surface area contributed by atoms with Gasteiger partial charge in [0, 0.05) is 70.1 Å². The van der Waals surface area contributed by atoms with Crippen LogP contribution in [0.15, 0.2) is 117 Å². The molecule has 0 bridgehead atoms. The van der Waals surface area contributed by atoms with Crippen molar-refractivity contribution in [3.63, 3.8) is 0 Å². The van der Waals surface area contributed by atoms with Crippen molar-refractivity contribution in [3.8, 4) is 17.2 Å². The number of amides is 1. The molecule has 0 heterocycles. The predicted molar refractivity (Wildman–Crippen MR) is 173 cm³/mol.